The summed E-state index contributed by atoms with van der Waals surface area (Å²) in [5.41, 5.74) is 0. The lowest BCUT2D eigenvalue weighted by Gasteiger charge is -2.32. The number of Topliss-reactive ketones (excluding diaryl/α,β-unsaturated/α-hetero) is 1. The molecule has 12 heavy (non-hydrogen) atoms. The normalized spacial score (nSPS) is 31.2. The summed E-state index contributed by atoms with van der Waals surface area (Å²) in [6.07, 6.45) is 4.87. The highest BCUT2D eigenvalue weighted by Crippen LogP contribution is 2.34. The standard InChI is InChI=1S/C10H18OS/c1-7(2)9-5-4-8(11)6-10(9)12-3/h7,9-10H,4-6H2,1-3H3. The second-order valence-electron chi connectivity index (χ2n) is 3.96. The Hall–Kier alpha value is 0.0200. The summed E-state index contributed by atoms with van der Waals surface area (Å²) in [7, 11) is 0. The van der Waals surface area contributed by atoms with E-state index in [0.717, 1.165) is 31.1 Å². The second kappa shape index (κ2) is 4.31. The number of rotatable bonds is 2. The van der Waals surface area contributed by atoms with E-state index < -0.39 is 0 Å². The first-order valence-corrected chi connectivity index (χ1v) is 5.98. The number of hydrogen-bond donors (Lipinski definition) is 0. The Bertz CT molecular complexity index is 165. The van der Waals surface area contributed by atoms with Crippen molar-refractivity contribution in [2.75, 3.05) is 6.26 Å². The summed E-state index contributed by atoms with van der Waals surface area (Å²) in [6, 6.07) is 0. The van der Waals surface area contributed by atoms with Gasteiger partial charge in [-0.15, -0.1) is 0 Å². The molecule has 1 aliphatic rings. The first kappa shape index (κ1) is 10.1. The summed E-state index contributed by atoms with van der Waals surface area (Å²) >= 11 is 1.87. The number of carbonyl (C=O) groups excluding carboxylic acids is 1. The SMILES string of the molecule is CSC1CC(=O)CCC1C(C)C. The van der Waals surface area contributed by atoms with Gasteiger partial charge >= 0.3 is 0 Å². The van der Waals surface area contributed by atoms with E-state index in [4.69, 9.17) is 0 Å². The van der Waals surface area contributed by atoms with Gasteiger partial charge in [-0.25, -0.2) is 0 Å². The fraction of sp³-hybridized carbons (Fsp3) is 0.900. The molecule has 0 aromatic heterocycles. The molecule has 70 valence electrons. The zero-order valence-corrected chi connectivity index (χ0v) is 8.99. The predicted octanol–water partition coefficient (Wildman–Crippen LogP) is 2.74. The minimum atomic E-state index is 0.464. The van der Waals surface area contributed by atoms with Gasteiger partial charge < -0.3 is 0 Å². The molecule has 0 aromatic rings. The molecule has 0 radical (unpaired) electrons. The molecule has 1 nitrogen and oxygen atoms in total. The first-order valence-electron chi connectivity index (χ1n) is 4.69. The van der Waals surface area contributed by atoms with Gasteiger partial charge in [0.1, 0.15) is 5.78 Å². The number of thioether (sulfide) groups is 1. The molecule has 2 heteroatoms. The van der Waals surface area contributed by atoms with Crippen molar-refractivity contribution < 1.29 is 4.79 Å². The Kier molecular flexibility index (Phi) is 3.63. The van der Waals surface area contributed by atoms with Crippen LogP contribution in [0.3, 0.4) is 0 Å². The molecule has 2 unspecified atom stereocenters. The third kappa shape index (κ3) is 2.25. The highest BCUT2D eigenvalue weighted by atomic mass is 32.2. The predicted molar refractivity (Wildman–Crippen MR) is 54.5 cm³/mol. The zero-order chi connectivity index (χ0) is 9.14. The van der Waals surface area contributed by atoms with Gasteiger partial charge in [-0.1, -0.05) is 13.8 Å². The van der Waals surface area contributed by atoms with Crippen LogP contribution in [-0.4, -0.2) is 17.3 Å². The number of ketones is 1. The minimum Gasteiger partial charge on any atom is -0.300 e. The molecule has 0 N–H and O–H groups in total. The lowest BCUT2D eigenvalue weighted by molar-refractivity contribution is -0.121. The van der Waals surface area contributed by atoms with Crippen LogP contribution in [0.15, 0.2) is 0 Å². The molecule has 1 saturated carbocycles. The van der Waals surface area contributed by atoms with E-state index in [-0.39, 0.29) is 0 Å². The maximum Gasteiger partial charge on any atom is 0.134 e. The maximum atomic E-state index is 11.2. The topological polar surface area (TPSA) is 17.1 Å². The van der Waals surface area contributed by atoms with Crippen molar-refractivity contribution in [2.24, 2.45) is 11.8 Å². The van der Waals surface area contributed by atoms with Gasteiger partial charge in [0.15, 0.2) is 0 Å². The summed E-state index contributed by atoms with van der Waals surface area (Å²) < 4.78 is 0. The molecule has 0 heterocycles. The van der Waals surface area contributed by atoms with E-state index in [1.54, 1.807) is 0 Å². The van der Waals surface area contributed by atoms with Gasteiger partial charge in [0.05, 0.1) is 0 Å². The van der Waals surface area contributed by atoms with Crippen molar-refractivity contribution in [1.82, 2.24) is 0 Å². The third-order valence-electron chi connectivity index (χ3n) is 2.82. The van der Waals surface area contributed by atoms with Crippen molar-refractivity contribution >= 4 is 17.5 Å². The average Bonchev–Trinajstić information content (AvgIpc) is 2.03. The quantitative estimate of drug-likeness (QED) is 0.659. The molecule has 0 aliphatic heterocycles. The van der Waals surface area contributed by atoms with Crippen molar-refractivity contribution in [3.05, 3.63) is 0 Å². The summed E-state index contributed by atoms with van der Waals surface area (Å²) in [5.74, 6) is 1.96. The number of carbonyl (C=O) groups is 1. The fourth-order valence-corrected chi connectivity index (χ4v) is 3.16. The first-order chi connectivity index (χ1) is 5.65. The monoisotopic (exact) mass is 186 g/mol. The van der Waals surface area contributed by atoms with Crippen LogP contribution < -0.4 is 0 Å². The van der Waals surface area contributed by atoms with Crippen LogP contribution in [0.2, 0.25) is 0 Å². The Morgan fingerprint density at radius 3 is 2.67 bits per heavy atom. The van der Waals surface area contributed by atoms with Crippen LogP contribution in [0.4, 0.5) is 0 Å². The third-order valence-corrected chi connectivity index (χ3v) is 3.94. The van der Waals surface area contributed by atoms with Crippen molar-refractivity contribution in [3.8, 4) is 0 Å². The van der Waals surface area contributed by atoms with E-state index in [1.807, 2.05) is 11.8 Å². The molecule has 1 rings (SSSR count). The molecular formula is C10H18OS. The summed E-state index contributed by atoms with van der Waals surface area (Å²) in [6.45, 7) is 4.54. The molecule has 1 fully saturated rings. The molecule has 2 atom stereocenters. The van der Waals surface area contributed by atoms with E-state index in [2.05, 4.69) is 20.1 Å². The molecular weight excluding hydrogens is 168 g/mol. The summed E-state index contributed by atoms with van der Waals surface area (Å²) in [5, 5.41) is 0.589. The minimum absolute atomic E-state index is 0.464. The van der Waals surface area contributed by atoms with Crippen LogP contribution in [0.25, 0.3) is 0 Å². The highest BCUT2D eigenvalue weighted by molar-refractivity contribution is 7.99. The van der Waals surface area contributed by atoms with Gasteiger partial charge in [0, 0.05) is 18.1 Å². The van der Waals surface area contributed by atoms with Crippen molar-refractivity contribution in [1.29, 1.82) is 0 Å². The Morgan fingerprint density at radius 2 is 2.17 bits per heavy atom. The molecule has 0 aromatic carbocycles. The smallest absolute Gasteiger partial charge is 0.134 e. The van der Waals surface area contributed by atoms with E-state index >= 15 is 0 Å². The van der Waals surface area contributed by atoms with Crippen LogP contribution >= 0.6 is 11.8 Å². The van der Waals surface area contributed by atoms with Crippen molar-refractivity contribution in [2.45, 2.75) is 38.4 Å². The van der Waals surface area contributed by atoms with Crippen LogP contribution in [0, 0.1) is 11.8 Å². The highest BCUT2D eigenvalue weighted by Gasteiger charge is 2.30. The largest absolute Gasteiger partial charge is 0.300 e. The van der Waals surface area contributed by atoms with E-state index in [9.17, 15) is 4.79 Å². The summed E-state index contributed by atoms with van der Waals surface area (Å²) in [4.78, 5) is 11.2. The van der Waals surface area contributed by atoms with Crippen LogP contribution in [-0.2, 0) is 4.79 Å². The van der Waals surface area contributed by atoms with E-state index in [0.29, 0.717) is 11.0 Å². The average molecular weight is 186 g/mol. The fourth-order valence-electron chi connectivity index (χ4n) is 2.01. The molecule has 1 aliphatic carbocycles. The van der Waals surface area contributed by atoms with Gasteiger partial charge in [0.2, 0.25) is 0 Å². The van der Waals surface area contributed by atoms with Crippen molar-refractivity contribution in [3.63, 3.8) is 0 Å². The van der Waals surface area contributed by atoms with Crippen LogP contribution in [0.1, 0.15) is 33.1 Å². The lowest BCUT2D eigenvalue weighted by Crippen LogP contribution is -2.30. The Morgan fingerprint density at radius 1 is 1.50 bits per heavy atom. The molecule has 0 saturated heterocycles. The number of hydrogen-bond acceptors (Lipinski definition) is 2. The van der Waals surface area contributed by atoms with Crippen LogP contribution in [0.5, 0.6) is 0 Å². The Labute approximate surface area is 79.3 Å². The Balaban J connectivity index is 2.56. The maximum absolute atomic E-state index is 11.2. The van der Waals surface area contributed by atoms with Gasteiger partial charge in [-0.05, 0) is 24.5 Å². The second-order valence-corrected chi connectivity index (χ2v) is 5.04. The molecule has 0 bridgehead atoms. The molecule has 0 spiro atoms. The van der Waals surface area contributed by atoms with Gasteiger partial charge in [0.25, 0.3) is 0 Å². The lowest BCUT2D eigenvalue weighted by atomic mass is 9.81. The van der Waals surface area contributed by atoms with Gasteiger partial charge in [-0.2, -0.15) is 11.8 Å². The van der Waals surface area contributed by atoms with E-state index in [1.165, 1.54) is 0 Å². The molecule has 0 amide bonds. The zero-order valence-electron chi connectivity index (χ0n) is 8.17. The van der Waals surface area contributed by atoms with Gasteiger partial charge in [-0.3, -0.25) is 4.79 Å².